The highest BCUT2D eigenvalue weighted by atomic mass is 127. The molecule has 0 aliphatic heterocycles. The van der Waals surface area contributed by atoms with Gasteiger partial charge in [-0.05, 0) is 46.9 Å². The maximum absolute atomic E-state index is 4.32. The van der Waals surface area contributed by atoms with Gasteiger partial charge in [-0.15, -0.1) is 0 Å². The highest BCUT2D eigenvalue weighted by Crippen LogP contribution is 2.09. The quantitative estimate of drug-likeness (QED) is 0.616. The van der Waals surface area contributed by atoms with Gasteiger partial charge >= 0.3 is 0 Å². The molecule has 0 unspecified atom stereocenters. The van der Waals surface area contributed by atoms with Crippen molar-refractivity contribution < 1.29 is 0 Å². The van der Waals surface area contributed by atoms with Gasteiger partial charge in [-0.25, -0.2) is 0 Å². The summed E-state index contributed by atoms with van der Waals surface area (Å²) in [6, 6.07) is 13.8. The molecular weight excluding hydrogens is 299 g/mol. The molecule has 0 saturated carbocycles. The van der Waals surface area contributed by atoms with Crippen molar-refractivity contribution in [2.24, 2.45) is 4.99 Å². The monoisotopic (exact) mass is 308 g/mol. The average Bonchev–Trinajstić information content (AvgIpc) is 2.30. The van der Waals surface area contributed by atoms with Crippen LogP contribution in [0, 0.1) is 3.57 Å². The number of hydrogen-bond acceptors (Lipinski definition) is 2. The molecule has 2 aromatic rings. The Hall–Kier alpha value is -1.23. The highest BCUT2D eigenvalue weighted by molar-refractivity contribution is 14.1. The molecule has 2 nitrogen and oxygen atoms in total. The maximum atomic E-state index is 4.32. The molecule has 0 aliphatic carbocycles. The maximum Gasteiger partial charge on any atom is 0.0813 e. The Labute approximate surface area is 102 Å². The third kappa shape index (κ3) is 3.13. The van der Waals surface area contributed by atoms with Gasteiger partial charge in [-0.3, -0.25) is 9.98 Å². The molecule has 0 bridgehead atoms. The van der Waals surface area contributed by atoms with E-state index in [0.717, 1.165) is 15.0 Å². The first kappa shape index (κ1) is 10.3. The van der Waals surface area contributed by atoms with E-state index in [0.29, 0.717) is 0 Å². The molecule has 1 aromatic heterocycles. The molecule has 3 heteroatoms. The highest BCUT2D eigenvalue weighted by Gasteiger charge is 1.89. The molecule has 2 rings (SSSR count). The first-order chi connectivity index (χ1) is 7.34. The van der Waals surface area contributed by atoms with E-state index in [9.17, 15) is 0 Å². The van der Waals surface area contributed by atoms with Crippen molar-refractivity contribution in [3.63, 3.8) is 0 Å². The second kappa shape index (κ2) is 5.02. The number of nitrogens with zero attached hydrogens (tertiary/aromatic N) is 2. The van der Waals surface area contributed by atoms with E-state index in [1.165, 1.54) is 0 Å². The number of aromatic nitrogens is 1. The molecule has 0 N–H and O–H groups in total. The normalized spacial score (nSPS) is 10.7. The summed E-state index contributed by atoms with van der Waals surface area (Å²) >= 11 is 2.23. The van der Waals surface area contributed by atoms with Crippen LogP contribution in [0.3, 0.4) is 0 Å². The van der Waals surface area contributed by atoms with E-state index >= 15 is 0 Å². The van der Waals surface area contributed by atoms with Gasteiger partial charge in [0.05, 0.1) is 17.6 Å². The van der Waals surface area contributed by atoms with Gasteiger partial charge in [0.25, 0.3) is 0 Å². The van der Waals surface area contributed by atoms with E-state index in [1.807, 2.05) is 48.7 Å². The number of benzene rings is 1. The summed E-state index contributed by atoms with van der Waals surface area (Å²) in [6.07, 6.45) is 3.60. The topological polar surface area (TPSA) is 25.2 Å². The second-order valence-corrected chi connectivity index (χ2v) is 4.24. The Morgan fingerprint density at radius 2 is 1.87 bits per heavy atom. The molecule has 0 atom stereocenters. The zero-order valence-corrected chi connectivity index (χ0v) is 10.1. The average molecular weight is 308 g/mol. The van der Waals surface area contributed by atoms with E-state index < -0.39 is 0 Å². The summed E-state index contributed by atoms with van der Waals surface area (Å²) in [4.78, 5) is 8.55. The van der Waals surface area contributed by atoms with E-state index in [1.54, 1.807) is 6.21 Å². The van der Waals surface area contributed by atoms with Gasteiger partial charge in [0.15, 0.2) is 0 Å². The van der Waals surface area contributed by atoms with Crippen molar-refractivity contribution in [3.8, 4) is 0 Å². The van der Waals surface area contributed by atoms with Gasteiger partial charge in [0.2, 0.25) is 0 Å². The van der Waals surface area contributed by atoms with Crippen LogP contribution in [0.25, 0.3) is 0 Å². The molecule has 0 radical (unpaired) electrons. The van der Waals surface area contributed by atoms with Crippen LogP contribution >= 0.6 is 22.6 Å². The van der Waals surface area contributed by atoms with Crippen LogP contribution in [0.5, 0.6) is 0 Å². The lowest BCUT2D eigenvalue weighted by Crippen LogP contribution is -1.86. The van der Waals surface area contributed by atoms with Gasteiger partial charge in [0.1, 0.15) is 0 Å². The molecular formula is C12H9IN2. The number of hydrogen-bond donors (Lipinski definition) is 0. The molecule has 0 fully saturated rings. The Bertz CT molecular complexity index is 449. The minimum atomic E-state index is 0.874. The lowest BCUT2D eigenvalue weighted by atomic mass is 10.3. The van der Waals surface area contributed by atoms with Crippen molar-refractivity contribution in [2.45, 2.75) is 0 Å². The summed E-state index contributed by atoms with van der Waals surface area (Å²) in [5.41, 5.74) is 1.82. The SMILES string of the molecule is Ic1ccc(/C=N\c2ccccc2)nc1. The zero-order chi connectivity index (χ0) is 10.5. The van der Waals surface area contributed by atoms with Crippen molar-refractivity contribution >= 4 is 34.5 Å². The molecule has 15 heavy (non-hydrogen) atoms. The van der Waals surface area contributed by atoms with Gasteiger partial charge in [-0.1, -0.05) is 18.2 Å². The largest absolute Gasteiger partial charge is 0.255 e. The van der Waals surface area contributed by atoms with Crippen molar-refractivity contribution in [3.05, 3.63) is 57.9 Å². The number of halogens is 1. The predicted molar refractivity (Wildman–Crippen MR) is 70.7 cm³/mol. The van der Waals surface area contributed by atoms with Crippen molar-refractivity contribution in [1.29, 1.82) is 0 Å². The Morgan fingerprint density at radius 3 is 2.53 bits per heavy atom. The molecule has 0 saturated heterocycles. The Morgan fingerprint density at radius 1 is 1.07 bits per heavy atom. The fourth-order valence-corrected chi connectivity index (χ4v) is 1.44. The summed E-state index contributed by atoms with van der Waals surface area (Å²) in [5, 5.41) is 0. The van der Waals surface area contributed by atoms with Crippen LogP contribution in [0.1, 0.15) is 5.69 Å². The summed E-state index contributed by atoms with van der Waals surface area (Å²) in [7, 11) is 0. The van der Waals surface area contributed by atoms with Crippen LogP contribution in [-0.4, -0.2) is 11.2 Å². The second-order valence-electron chi connectivity index (χ2n) is 3.00. The number of aliphatic imine (C=N–C) groups is 1. The van der Waals surface area contributed by atoms with Crippen LogP contribution in [0.4, 0.5) is 5.69 Å². The predicted octanol–water partition coefficient (Wildman–Crippen LogP) is 3.44. The molecule has 1 heterocycles. The fourth-order valence-electron chi connectivity index (χ4n) is 1.12. The molecule has 0 amide bonds. The Balaban J connectivity index is 2.15. The van der Waals surface area contributed by atoms with Gasteiger partial charge in [0, 0.05) is 9.77 Å². The van der Waals surface area contributed by atoms with Gasteiger partial charge < -0.3 is 0 Å². The van der Waals surface area contributed by atoms with Crippen LogP contribution in [0.2, 0.25) is 0 Å². The zero-order valence-electron chi connectivity index (χ0n) is 7.97. The summed E-state index contributed by atoms with van der Waals surface area (Å²) < 4.78 is 1.13. The number of pyridine rings is 1. The van der Waals surface area contributed by atoms with E-state index in [-0.39, 0.29) is 0 Å². The first-order valence-corrected chi connectivity index (χ1v) is 5.63. The Kier molecular flexibility index (Phi) is 3.45. The summed E-state index contributed by atoms with van der Waals surface area (Å²) in [5.74, 6) is 0. The smallest absolute Gasteiger partial charge is 0.0813 e. The summed E-state index contributed by atoms with van der Waals surface area (Å²) in [6.45, 7) is 0. The van der Waals surface area contributed by atoms with E-state index in [4.69, 9.17) is 0 Å². The molecule has 1 aromatic carbocycles. The van der Waals surface area contributed by atoms with Crippen LogP contribution < -0.4 is 0 Å². The molecule has 74 valence electrons. The van der Waals surface area contributed by atoms with Crippen LogP contribution in [0.15, 0.2) is 53.7 Å². The van der Waals surface area contributed by atoms with Crippen molar-refractivity contribution in [1.82, 2.24) is 4.98 Å². The number of rotatable bonds is 2. The lowest BCUT2D eigenvalue weighted by molar-refractivity contribution is 1.28. The standard InChI is InChI=1S/C12H9IN2/c13-10-6-7-12(14-8-10)9-15-11-4-2-1-3-5-11/h1-9H/b15-9-. The minimum Gasteiger partial charge on any atom is -0.255 e. The first-order valence-electron chi connectivity index (χ1n) is 4.55. The third-order valence-electron chi connectivity index (χ3n) is 1.85. The molecule has 0 aliphatic rings. The van der Waals surface area contributed by atoms with Crippen LogP contribution in [-0.2, 0) is 0 Å². The van der Waals surface area contributed by atoms with E-state index in [2.05, 4.69) is 32.6 Å². The third-order valence-corrected chi connectivity index (χ3v) is 2.49. The number of para-hydroxylation sites is 1. The molecule has 0 spiro atoms. The minimum absolute atomic E-state index is 0.874. The van der Waals surface area contributed by atoms with Gasteiger partial charge in [-0.2, -0.15) is 0 Å². The van der Waals surface area contributed by atoms with Crippen molar-refractivity contribution in [2.75, 3.05) is 0 Å². The lowest BCUT2D eigenvalue weighted by Gasteiger charge is -1.93. The fraction of sp³-hybridized carbons (Fsp3) is 0.